The lowest BCUT2D eigenvalue weighted by atomic mass is 9.96. The normalized spacial score (nSPS) is 16.5. The number of hydrogen-bond donors (Lipinski definition) is 3. The fourth-order valence-electron chi connectivity index (χ4n) is 3.84. The van der Waals surface area contributed by atoms with Gasteiger partial charge >= 0.3 is 0 Å². The first-order valence-corrected chi connectivity index (χ1v) is 9.79. The zero-order valence-electron chi connectivity index (χ0n) is 17.3. The summed E-state index contributed by atoms with van der Waals surface area (Å²) in [4.78, 5) is 6.46. The summed E-state index contributed by atoms with van der Waals surface area (Å²) in [6.45, 7) is 6.11. The lowest BCUT2D eigenvalue weighted by molar-refractivity contribution is 0.0310. The Kier molecular flexibility index (Phi) is 5.12. The van der Waals surface area contributed by atoms with Crippen molar-refractivity contribution in [2.45, 2.75) is 38.8 Å². The molecule has 1 fully saturated rings. The molecule has 4 rings (SSSR count). The third-order valence-electron chi connectivity index (χ3n) is 5.41. The predicted molar refractivity (Wildman–Crippen MR) is 113 cm³/mol. The van der Waals surface area contributed by atoms with Crippen LogP contribution in [-0.4, -0.2) is 39.0 Å². The molecule has 0 radical (unpaired) electrons. The number of nitrogens with zero attached hydrogens (tertiary/aromatic N) is 4. The molecular formula is C21H23F3N6O. The van der Waals surface area contributed by atoms with E-state index in [1.54, 1.807) is 27.0 Å². The van der Waals surface area contributed by atoms with Crippen molar-refractivity contribution < 1.29 is 18.3 Å². The Morgan fingerprint density at radius 3 is 2.52 bits per heavy atom. The number of β-amino-alcohol motifs (C(OH)–C–C–N with tert-alkyl or cyclic N) is 1. The highest BCUT2D eigenvalue weighted by Gasteiger charge is 2.37. The van der Waals surface area contributed by atoms with Crippen LogP contribution in [0.3, 0.4) is 0 Å². The Morgan fingerprint density at radius 1 is 1.19 bits per heavy atom. The number of benzene rings is 1. The smallest absolute Gasteiger partial charge is 0.266 e. The first-order valence-electron chi connectivity index (χ1n) is 9.79. The molecule has 0 bridgehead atoms. The van der Waals surface area contributed by atoms with Gasteiger partial charge in [0, 0.05) is 29.7 Å². The van der Waals surface area contributed by atoms with Crippen molar-refractivity contribution in [1.29, 1.82) is 0 Å². The number of fused-ring (bicyclic) bond motifs is 1. The molecule has 0 unspecified atom stereocenters. The van der Waals surface area contributed by atoms with Gasteiger partial charge in [0.1, 0.15) is 5.82 Å². The van der Waals surface area contributed by atoms with Crippen LogP contribution >= 0.6 is 0 Å². The fourth-order valence-corrected chi connectivity index (χ4v) is 3.84. The number of rotatable bonds is 5. The maximum atomic E-state index is 14.7. The average Bonchev–Trinajstić information content (AvgIpc) is 2.69. The van der Waals surface area contributed by atoms with Gasteiger partial charge in [-0.15, -0.1) is 5.10 Å². The number of aliphatic hydroxyl groups is 1. The van der Waals surface area contributed by atoms with E-state index in [1.807, 2.05) is 11.0 Å². The number of pyridine rings is 1. The lowest BCUT2D eigenvalue weighted by Crippen LogP contribution is -2.60. The van der Waals surface area contributed by atoms with Crippen LogP contribution in [0.4, 0.5) is 30.4 Å². The van der Waals surface area contributed by atoms with Gasteiger partial charge in [-0.2, -0.15) is 5.10 Å². The summed E-state index contributed by atoms with van der Waals surface area (Å²) in [6.07, 6.45) is -1.28. The Balaban J connectivity index is 1.71. The molecule has 1 aliphatic rings. The molecule has 1 aliphatic heterocycles. The predicted octanol–water partition coefficient (Wildman–Crippen LogP) is 3.74. The summed E-state index contributed by atoms with van der Waals surface area (Å²) in [5.74, 6) is -0.662. The SMILES string of the molecule is Cc1nnc(N[C@H](C)c2cc(N)cc(C(F)F)c2F)c2cc(N3CC(C)(O)C3)cnc12. The summed E-state index contributed by atoms with van der Waals surface area (Å²) in [5, 5.41) is 22.0. The summed E-state index contributed by atoms with van der Waals surface area (Å²) in [6, 6.07) is 3.42. The fraction of sp³-hybridized carbons (Fsp3) is 0.381. The van der Waals surface area contributed by atoms with Crippen LogP contribution in [0.15, 0.2) is 24.4 Å². The number of nitrogens with one attached hydrogen (secondary N) is 1. The summed E-state index contributed by atoms with van der Waals surface area (Å²) in [7, 11) is 0. The minimum atomic E-state index is -2.98. The molecular weight excluding hydrogens is 409 g/mol. The van der Waals surface area contributed by atoms with Crippen LogP contribution in [0.2, 0.25) is 0 Å². The molecule has 0 amide bonds. The average molecular weight is 432 g/mol. The molecule has 2 aromatic heterocycles. The largest absolute Gasteiger partial charge is 0.399 e. The first kappa shape index (κ1) is 21.1. The molecule has 7 nitrogen and oxygen atoms in total. The quantitative estimate of drug-likeness (QED) is 0.528. The van der Waals surface area contributed by atoms with Gasteiger partial charge in [0.2, 0.25) is 0 Å². The summed E-state index contributed by atoms with van der Waals surface area (Å²) in [5.41, 5.74) is 6.32. The van der Waals surface area contributed by atoms with Crippen LogP contribution in [0.1, 0.15) is 43.1 Å². The number of aromatic nitrogens is 3. The van der Waals surface area contributed by atoms with Crippen molar-refractivity contribution in [3.05, 3.63) is 47.0 Å². The maximum absolute atomic E-state index is 14.7. The third kappa shape index (κ3) is 3.95. The molecule has 164 valence electrons. The number of nitrogens with two attached hydrogens (primary N) is 1. The maximum Gasteiger partial charge on any atom is 0.266 e. The molecule has 1 aromatic carbocycles. The molecule has 1 saturated heterocycles. The van der Waals surface area contributed by atoms with Gasteiger partial charge in [0.15, 0.2) is 5.82 Å². The Labute approximate surface area is 177 Å². The number of aryl methyl sites for hydroxylation is 1. The van der Waals surface area contributed by atoms with Crippen molar-refractivity contribution in [3.63, 3.8) is 0 Å². The summed E-state index contributed by atoms with van der Waals surface area (Å²) >= 11 is 0. The minimum Gasteiger partial charge on any atom is -0.399 e. The molecule has 3 heterocycles. The molecule has 31 heavy (non-hydrogen) atoms. The van der Waals surface area contributed by atoms with E-state index in [4.69, 9.17) is 5.73 Å². The Hall–Kier alpha value is -3.14. The second kappa shape index (κ2) is 7.52. The van der Waals surface area contributed by atoms with Crippen molar-refractivity contribution in [1.82, 2.24) is 15.2 Å². The Bertz CT molecular complexity index is 1150. The lowest BCUT2D eigenvalue weighted by Gasteiger charge is -2.45. The van der Waals surface area contributed by atoms with E-state index in [1.165, 1.54) is 6.07 Å². The van der Waals surface area contributed by atoms with E-state index in [0.29, 0.717) is 35.5 Å². The Morgan fingerprint density at radius 2 is 1.87 bits per heavy atom. The van der Waals surface area contributed by atoms with Crippen molar-refractivity contribution in [3.8, 4) is 0 Å². The van der Waals surface area contributed by atoms with E-state index < -0.39 is 29.4 Å². The standard InChI is InChI=1S/C21H23F3N6O/c1-10(14-4-12(25)5-15(17(14)22)19(23)24)27-20-16-6-13(30-8-21(3,31)9-30)7-26-18(16)11(2)28-29-20/h4-7,10,19,31H,8-9,25H2,1-3H3,(H,27,29)/t10-/m1/s1. The monoisotopic (exact) mass is 432 g/mol. The van der Waals surface area contributed by atoms with Crippen molar-refractivity contribution >= 4 is 28.1 Å². The molecule has 0 aliphatic carbocycles. The topological polar surface area (TPSA) is 100 Å². The minimum absolute atomic E-state index is 0.00808. The van der Waals surface area contributed by atoms with E-state index in [-0.39, 0.29) is 11.3 Å². The molecule has 3 aromatic rings. The first-order chi connectivity index (χ1) is 14.6. The van der Waals surface area contributed by atoms with Crippen LogP contribution in [0, 0.1) is 12.7 Å². The molecule has 4 N–H and O–H groups in total. The zero-order valence-corrected chi connectivity index (χ0v) is 17.3. The number of nitrogen functional groups attached to an aromatic ring is 1. The highest BCUT2D eigenvalue weighted by Crippen LogP contribution is 2.34. The number of anilines is 3. The van der Waals surface area contributed by atoms with Gasteiger partial charge < -0.3 is 21.1 Å². The molecule has 1 atom stereocenters. The zero-order chi connectivity index (χ0) is 22.5. The van der Waals surface area contributed by atoms with Crippen LogP contribution in [0.5, 0.6) is 0 Å². The van der Waals surface area contributed by atoms with E-state index in [2.05, 4.69) is 20.5 Å². The van der Waals surface area contributed by atoms with Crippen LogP contribution in [0.25, 0.3) is 10.9 Å². The highest BCUT2D eigenvalue weighted by molar-refractivity contribution is 5.92. The second-order valence-electron chi connectivity index (χ2n) is 8.26. The van der Waals surface area contributed by atoms with Crippen molar-refractivity contribution in [2.24, 2.45) is 0 Å². The number of hydrogen-bond acceptors (Lipinski definition) is 7. The van der Waals surface area contributed by atoms with Gasteiger partial charge in [-0.05, 0) is 39.0 Å². The molecule has 0 saturated carbocycles. The molecule has 10 heteroatoms. The van der Waals surface area contributed by atoms with E-state index >= 15 is 0 Å². The van der Waals surface area contributed by atoms with Gasteiger partial charge in [-0.25, -0.2) is 13.2 Å². The van der Waals surface area contributed by atoms with Crippen LogP contribution in [-0.2, 0) is 0 Å². The van der Waals surface area contributed by atoms with Gasteiger partial charge in [0.05, 0.1) is 40.3 Å². The molecule has 0 spiro atoms. The van der Waals surface area contributed by atoms with Crippen LogP contribution < -0.4 is 16.0 Å². The highest BCUT2D eigenvalue weighted by atomic mass is 19.3. The second-order valence-corrected chi connectivity index (χ2v) is 8.26. The third-order valence-corrected chi connectivity index (χ3v) is 5.41. The van der Waals surface area contributed by atoms with E-state index in [9.17, 15) is 18.3 Å². The number of alkyl halides is 2. The van der Waals surface area contributed by atoms with Gasteiger partial charge in [0.25, 0.3) is 6.43 Å². The number of halogens is 3. The summed E-state index contributed by atoms with van der Waals surface area (Å²) < 4.78 is 41.0. The van der Waals surface area contributed by atoms with Gasteiger partial charge in [-0.3, -0.25) is 4.98 Å². The van der Waals surface area contributed by atoms with Crippen molar-refractivity contribution in [2.75, 3.05) is 29.0 Å². The van der Waals surface area contributed by atoms with Gasteiger partial charge in [-0.1, -0.05) is 0 Å². The van der Waals surface area contributed by atoms with E-state index in [0.717, 1.165) is 11.8 Å².